The molecule has 0 N–H and O–H groups in total. The SMILES string of the molecule is O=C1c2ccccc2C(=O)N1CN(CCCl)CCCl. The molecule has 0 saturated carbocycles. The van der Waals surface area contributed by atoms with Crippen LogP contribution in [-0.2, 0) is 0 Å². The highest BCUT2D eigenvalue weighted by Gasteiger charge is 2.35. The van der Waals surface area contributed by atoms with Crippen molar-refractivity contribution in [2.45, 2.75) is 0 Å². The van der Waals surface area contributed by atoms with Crippen molar-refractivity contribution in [2.24, 2.45) is 0 Å². The van der Waals surface area contributed by atoms with E-state index in [4.69, 9.17) is 23.2 Å². The molecule has 0 spiro atoms. The second-order valence-electron chi connectivity index (χ2n) is 4.22. The standard InChI is InChI=1S/C13H14Cl2N2O2/c14-5-7-16(8-6-15)9-17-12(18)10-3-1-2-4-11(10)13(17)19/h1-4H,5-9H2. The Morgan fingerprint density at radius 1 is 0.947 bits per heavy atom. The summed E-state index contributed by atoms with van der Waals surface area (Å²) < 4.78 is 0. The maximum Gasteiger partial charge on any atom is 0.262 e. The number of rotatable bonds is 6. The molecule has 1 aromatic carbocycles. The van der Waals surface area contributed by atoms with Crippen molar-refractivity contribution in [2.75, 3.05) is 31.5 Å². The van der Waals surface area contributed by atoms with Crippen LogP contribution in [-0.4, -0.2) is 53.1 Å². The van der Waals surface area contributed by atoms with Crippen molar-refractivity contribution < 1.29 is 9.59 Å². The van der Waals surface area contributed by atoms with Crippen LogP contribution in [0.25, 0.3) is 0 Å². The Morgan fingerprint density at radius 2 is 1.42 bits per heavy atom. The molecule has 1 heterocycles. The fourth-order valence-electron chi connectivity index (χ4n) is 2.06. The van der Waals surface area contributed by atoms with Crippen molar-refractivity contribution >= 4 is 35.0 Å². The summed E-state index contributed by atoms with van der Waals surface area (Å²) in [7, 11) is 0. The molecule has 0 aromatic heterocycles. The van der Waals surface area contributed by atoms with E-state index in [0.717, 1.165) is 0 Å². The first-order chi connectivity index (χ1) is 9.19. The third-order valence-electron chi connectivity index (χ3n) is 3.02. The van der Waals surface area contributed by atoms with Gasteiger partial charge in [-0.2, -0.15) is 0 Å². The van der Waals surface area contributed by atoms with Gasteiger partial charge in [0.1, 0.15) is 0 Å². The number of imide groups is 1. The second kappa shape index (κ2) is 6.37. The molecule has 0 aliphatic carbocycles. The van der Waals surface area contributed by atoms with Gasteiger partial charge in [0.2, 0.25) is 0 Å². The van der Waals surface area contributed by atoms with Crippen LogP contribution in [0.2, 0.25) is 0 Å². The molecule has 0 unspecified atom stereocenters. The first-order valence-corrected chi connectivity index (χ1v) is 7.05. The van der Waals surface area contributed by atoms with Gasteiger partial charge < -0.3 is 0 Å². The third-order valence-corrected chi connectivity index (χ3v) is 3.36. The fraction of sp³-hybridized carbons (Fsp3) is 0.385. The van der Waals surface area contributed by atoms with E-state index >= 15 is 0 Å². The van der Waals surface area contributed by atoms with Crippen LogP contribution in [0.1, 0.15) is 20.7 Å². The topological polar surface area (TPSA) is 40.6 Å². The average Bonchev–Trinajstić information content (AvgIpc) is 2.65. The molecule has 1 aliphatic heterocycles. The monoisotopic (exact) mass is 300 g/mol. The molecular formula is C13H14Cl2N2O2. The van der Waals surface area contributed by atoms with Crippen molar-refractivity contribution in [3.63, 3.8) is 0 Å². The van der Waals surface area contributed by atoms with Crippen LogP contribution >= 0.6 is 23.2 Å². The molecule has 0 bridgehead atoms. The number of carbonyl (C=O) groups excluding carboxylic acids is 2. The van der Waals surface area contributed by atoms with E-state index in [0.29, 0.717) is 36.0 Å². The van der Waals surface area contributed by atoms with E-state index in [2.05, 4.69) is 0 Å². The van der Waals surface area contributed by atoms with Crippen molar-refractivity contribution in [1.29, 1.82) is 0 Å². The number of hydrogen-bond donors (Lipinski definition) is 0. The van der Waals surface area contributed by atoms with Crippen LogP contribution in [0, 0.1) is 0 Å². The molecule has 102 valence electrons. The zero-order chi connectivity index (χ0) is 13.8. The Kier molecular flexibility index (Phi) is 4.80. The van der Waals surface area contributed by atoms with E-state index in [1.807, 2.05) is 4.90 Å². The lowest BCUT2D eigenvalue weighted by Gasteiger charge is -2.25. The molecular weight excluding hydrogens is 287 g/mol. The van der Waals surface area contributed by atoms with Gasteiger partial charge in [-0.3, -0.25) is 19.4 Å². The lowest BCUT2D eigenvalue weighted by Crippen LogP contribution is -2.42. The van der Waals surface area contributed by atoms with Crippen LogP contribution in [0.15, 0.2) is 24.3 Å². The number of carbonyl (C=O) groups is 2. The van der Waals surface area contributed by atoms with Crippen molar-refractivity contribution in [3.05, 3.63) is 35.4 Å². The largest absolute Gasteiger partial charge is 0.283 e. The van der Waals surface area contributed by atoms with Crippen LogP contribution in [0.3, 0.4) is 0 Å². The van der Waals surface area contributed by atoms with Crippen molar-refractivity contribution in [3.8, 4) is 0 Å². The Morgan fingerprint density at radius 3 is 1.84 bits per heavy atom. The molecule has 19 heavy (non-hydrogen) atoms. The van der Waals surface area contributed by atoms with Gasteiger partial charge in [0.25, 0.3) is 11.8 Å². The molecule has 4 nitrogen and oxygen atoms in total. The van der Waals surface area contributed by atoms with Crippen LogP contribution < -0.4 is 0 Å². The summed E-state index contributed by atoms with van der Waals surface area (Å²) in [6.07, 6.45) is 0. The van der Waals surface area contributed by atoms with Gasteiger partial charge >= 0.3 is 0 Å². The van der Waals surface area contributed by atoms with Gasteiger partial charge in [0, 0.05) is 24.8 Å². The maximum absolute atomic E-state index is 12.2. The van der Waals surface area contributed by atoms with Crippen LogP contribution in [0.5, 0.6) is 0 Å². The summed E-state index contributed by atoms with van der Waals surface area (Å²) >= 11 is 11.4. The summed E-state index contributed by atoms with van der Waals surface area (Å²) in [5.74, 6) is 0.351. The first kappa shape index (κ1) is 14.3. The smallest absolute Gasteiger partial charge is 0.262 e. The Bertz CT molecular complexity index is 452. The molecule has 1 aromatic rings. The van der Waals surface area contributed by atoms with Gasteiger partial charge in [0.15, 0.2) is 0 Å². The highest BCUT2D eigenvalue weighted by molar-refractivity contribution is 6.21. The lowest BCUT2D eigenvalue weighted by atomic mass is 10.1. The molecule has 0 atom stereocenters. The minimum atomic E-state index is -0.255. The minimum Gasteiger partial charge on any atom is -0.283 e. The molecule has 2 rings (SSSR count). The molecule has 0 radical (unpaired) electrons. The van der Waals surface area contributed by atoms with Gasteiger partial charge in [-0.15, -0.1) is 23.2 Å². The number of hydrogen-bond acceptors (Lipinski definition) is 3. The third kappa shape index (κ3) is 2.91. The predicted octanol–water partition coefficient (Wildman–Crippen LogP) is 2.02. The summed E-state index contributed by atoms with van der Waals surface area (Å²) in [6.45, 7) is 1.40. The number of amides is 2. The molecule has 0 saturated heterocycles. The Hall–Kier alpha value is -1.10. The summed E-state index contributed by atoms with van der Waals surface area (Å²) in [4.78, 5) is 27.5. The fourth-order valence-corrected chi connectivity index (χ4v) is 2.54. The van der Waals surface area contributed by atoms with E-state index < -0.39 is 0 Å². The number of alkyl halides is 2. The number of halogens is 2. The number of nitrogens with zero attached hydrogens (tertiary/aromatic N) is 2. The molecule has 0 fully saturated rings. The van der Waals surface area contributed by atoms with Crippen LogP contribution in [0.4, 0.5) is 0 Å². The second-order valence-corrected chi connectivity index (χ2v) is 4.98. The maximum atomic E-state index is 12.2. The average molecular weight is 301 g/mol. The first-order valence-electron chi connectivity index (χ1n) is 5.98. The summed E-state index contributed by atoms with van der Waals surface area (Å²) in [5, 5.41) is 0. The normalized spacial score (nSPS) is 14.4. The zero-order valence-electron chi connectivity index (χ0n) is 10.3. The predicted molar refractivity (Wildman–Crippen MR) is 74.8 cm³/mol. The Labute approximate surface area is 121 Å². The van der Waals surface area contributed by atoms with E-state index in [1.165, 1.54) is 4.90 Å². The van der Waals surface area contributed by atoms with Gasteiger partial charge in [-0.1, -0.05) is 12.1 Å². The highest BCUT2D eigenvalue weighted by Crippen LogP contribution is 2.22. The summed E-state index contributed by atoms with van der Waals surface area (Å²) in [5.41, 5.74) is 0.924. The van der Waals surface area contributed by atoms with Crippen molar-refractivity contribution in [1.82, 2.24) is 9.80 Å². The number of fused-ring (bicyclic) bond motifs is 1. The van der Waals surface area contributed by atoms with E-state index in [1.54, 1.807) is 24.3 Å². The van der Waals surface area contributed by atoms with Gasteiger partial charge in [0.05, 0.1) is 17.8 Å². The quantitative estimate of drug-likeness (QED) is 0.596. The lowest BCUT2D eigenvalue weighted by molar-refractivity contribution is 0.0553. The Balaban J connectivity index is 2.15. The molecule has 6 heteroatoms. The zero-order valence-corrected chi connectivity index (χ0v) is 11.8. The molecule has 1 aliphatic rings. The highest BCUT2D eigenvalue weighted by atomic mass is 35.5. The summed E-state index contributed by atoms with van der Waals surface area (Å²) in [6, 6.07) is 6.84. The minimum absolute atomic E-state index is 0.228. The van der Waals surface area contributed by atoms with Gasteiger partial charge in [-0.05, 0) is 12.1 Å². The molecule has 2 amide bonds. The van der Waals surface area contributed by atoms with E-state index in [9.17, 15) is 9.59 Å². The number of benzene rings is 1. The van der Waals surface area contributed by atoms with E-state index in [-0.39, 0.29) is 18.5 Å². The van der Waals surface area contributed by atoms with Gasteiger partial charge in [-0.25, -0.2) is 0 Å².